The molecule has 0 radical (unpaired) electrons. The van der Waals surface area contributed by atoms with Crippen molar-refractivity contribution in [3.05, 3.63) is 53.1 Å². The molecular weight excluding hydrogens is 279 g/mol. The molecule has 1 aliphatic rings. The Labute approximate surface area is 120 Å². The van der Waals surface area contributed by atoms with E-state index in [9.17, 15) is 18.0 Å². The number of benzene rings is 1. The SMILES string of the molecule is CC1(C)CC(=O)c2ccn(-c3cc(F)cc(F)c3F)c2C1. The largest absolute Gasteiger partial charge is 0.317 e. The summed E-state index contributed by atoms with van der Waals surface area (Å²) in [5.41, 5.74) is 0.625. The maximum absolute atomic E-state index is 14.0. The van der Waals surface area contributed by atoms with E-state index in [0.717, 1.165) is 6.07 Å². The van der Waals surface area contributed by atoms with Crippen molar-refractivity contribution in [2.45, 2.75) is 26.7 Å². The van der Waals surface area contributed by atoms with Gasteiger partial charge in [0.05, 0.1) is 5.69 Å². The monoisotopic (exact) mass is 293 g/mol. The minimum Gasteiger partial charge on any atom is -0.317 e. The topological polar surface area (TPSA) is 22.0 Å². The quantitative estimate of drug-likeness (QED) is 0.727. The van der Waals surface area contributed by atoms with E-state index < -0.39 is 17.5 Å². The zero-order valence-electron chi connectivity index (χ0n) is 11.7. The number of fused-ring (bicyclic) bond motifs is 1. The summed E-state index contributed by atoms with van der Waals surface area (Å²) >= 11 is 0. The lowest BCUT2D eigenvalue weighted by Crippen LogP contribution is -2.27. The van der Waals surface area contributed by atoms with E-state index in [1.165, 1.54) is 10.8 Å². The molecule has 5 heteroatoms. The molecule has 0 saturated carbocycles. The maximum Gasteiger partial charge on any atom is 0.182 e. The molecule has 0 aliphatic heterocycles. The maximum atomic E-state index is 14.0. The second kappa shape index (κ2) is 4.48. The van der Waals surface area contributed by atoms with Crippen molar-refractivity contribution in [3.63, 3.8) is 0 Å². The molecule has 1 aromatic heterocycles. The summed E-state index contributed by atoms with van der Waals surface area (Å²) in [5, 5.41) is 0. The van der Waals surface area contributed by atoms with Gasteiger partial charge in [0.25, 0.3) is 0 Å². The number of rotatable bonds is 1. The number of ketones is 1. The van der Waals surface area contributed by atoms with Crippen LogP contribution in [0.4, 0.5) is 13.2 Å². The van der Waals surface area contributed by atoms with Crippen molar-refractivity contribution in [2.24, 2.45) is 5.41 Å². The molecule has 0 saturated heterocycles. The van der Waals surface area contributed by atoms with Gasteiger partial charge in [-0.2, -0.15) is 0 Å². The van der Waals surface area contributed by atoms with Crippen LogP contribution in [0.1, 0.15) is 36.3 Å². The van der Waals surface area contributed by atoms with E-state index >= 15 is 0 Å². The fourth-order valence-electron chi connectivity index (χ4n) is 2.89. The molecule has 0 bridgehead atoms. The highest BCUT2D eigenvalue weighted by molar-refractivity contribution is 5.99. The first-order valence-corrected chi connectivity index (χ1v) is 6.67. The third-order valence-corrected chi connectivity index (χ3v) is 3.81. The van der Waals surface area contributed by atoms with Crippen LogP contribution in [0.25, 0.3) is 5.69 Å². The van der Waals surface area contributed by atoms with Crippen LogP contribution in [-0.4, -0.2) is 10.4 Å². The van der Waals surface area contributed by atoms with Gasteiger partial charge in [-0.15, -0.1) is 0 Å². The molecule has 1 heterocycles. The standard InChI is InChI=1S/C16H14F3NO/c1-16(2)7-13-10(14(21)8-16)3-4-20(13)12-6-9(17)5-11(18)15(12)19/h3-6H,7-8H2,1-2H3. The van der Waals surface area contributed by atoms with Crippen molar-refractivity contribution in [1.29, 1.82) is 0 Å². The molecule has 21 heavy (non-hydrogen) atoms. The molecule has 0 spiro atoms. The summed E-state index contributed by atoms with van der Waals surface area (Å²) in [6.07, 6.45) is 2.43. The van der Waals surface area contributed by atoms with E-state index in [1.54, 1.807) is 6.07 Å². The van der Waals surface area contributed by atoms with Crippen molar-refractivity contribution >= 4 is 5.78 Å². The lowest BCUT2D eigenvalue weighted by molar-refractivity contribution is 0.0911. The average Bonchev–Trinajstić information content (AvgIpc) is 2.76. The second-order valence-electron chi connectivity index (χ2n) is 6.21. The highest BCUT2D eigenvalue weighted by atomic mass is 19.2. The first-order valence-electron chi connectivity index (χ1n) is 6.67. The number of aromatic nitrogens is 1. The minimum atomic E-state index is -1.24. The zero-order valence-corrected chi connectivity index (χ0v) is 11.7. The van der Waals surface area contributed by atoms with E-state index in [0.29, 0.717) is 30.2 Å². The number of Topliss-reactive ketones (excluding diaryl/α,β-unsaturated/α-hetero) is 1. The van der Waals surface area contributed by atoms with Crippen LogP contribution in [0.15, 0.2) is 24.4 Å². The number of hydrogen-bond donors (Lipinski definition) is 0. The van der Waals surface area contributed by atoms with Gasteiger partial charge in [-0.3, -0.25) is 4.79 Å². The highest BCUT2D eigenvalue weighted by Crippen LogP contribution is 2.36. The van der Waals surface area contributed by atoms with E-state index in [1.807, 2.05) is 13.8 Å². The van der Waals surface area contributed by atoms with Gasteiger partial charge in [-0.25, -0.2) is 13.2 Å². The van der Waals surface area contributed by atoms with Gasteiger partial charge in [0.1, 0.15) is 5.82 Å². The van der Waals surface area contributed by atoms with Gasteiger partial charge in [-0.1, -0.05) is 13.8 Å². The number of carbonyl (C=O) groups excluding carboxylic acids is 1. The Morgan fingerprint density at radius 2 is 1.86 bits per heavy atom. The summed E-state index contributed by atoms with van der Waals surface area (Å²) in [4.78, 5) is 12.1. The molecular formula is C16H14F3NO. The highest BCUT2D eigenvalue weighted by Gasteiger charge is 2.33. The second-order valence-corrected chi connectivity index (χ2v) is 6.21. The molecule has 1 aliphatic carbocycles. The van der Waals surface area contributed by atoms with E-state index in [2.05, 4.69) is 0 Å². The van der Waals surface area contributed by atoms with Crippen LogP contribution in [0, 0.1) is 22.9 Å². The molecule has 1 aromatic carbocycles. The summed E-state index contributed by atoms with van der Waals surface area (Å²) in [5.74, 6) is -3.25. The predicted octanol–water partition coefficient (Wildman–Crippen LogP) is 4.05. The molecule has 0 fully saturated rings. The minimum absolute atomic E-state index is 0.0303. The van der Waals surface area contributed by atoms with Crippen LogP contribution in [-0.2, 0) is 6.42 Å². The summed E-state index contributed by atoms with van der Waals surface area (Å²) < 4.78 is 42.1. The number of hydrogen-bond acceptors (Lipinski definition) is 1. The summed E-state index contributed by atoms with van der Waals surface area (Å²) in [6, 6.07) is 3.02. The third kappa shape index (κ3) is 2.26. The first kappa shape index (κ1) is 13.9. The van der Waals surface area contributed by atoms with E-state index in [4.69, 9.17) is 0 Å². The van der Waals surface area contributed by atoms with Crippen molar-refractivity contribution in [2.75, 3.05) is 0 Å². The first-order chi connectivity index (χ1) is 9.78. The lowest BCUT2D eigenvalue weighted by Gasteiger charge is -2.29. The lowest BCUT2D eigenvalue weighted by atomic mass is 9.76. The van der Waals surface area contributed by atoms with Gasteiger partial charge >= 0.3 is 0 Å². The Morgan fingerprint density at radius 3 is 2.57 bits per heavy atom. The van der Waals surface area contributed by atoms with Crippen LogP contribution >= 0.6 is 0 Å². The molecule has 3 rings (SSSR count). The normalized spacial score (nSPS) is 16.9. The Bertz CT molecular complexity index is 746. The van der Waals surface area contributed by atoms with Crippen LogP contribution in [0.3, 0.4) is 0 Å². The Kier molecular flexibility index (Phi) is 2.97. The van der Waals surface area contributed by atoms with Gasteiger partial charge in [0.2, 0.25) is 0 Å². The number of carbonyl (C=O) groups is 1. The van der Waals surface area contributed by atoms with Crippen molar-refractivity contribution in [1.82, 2.24) is 4.57 Å². The smallest absolute Gasteiger partial charge is 0.182 e. The fraction of sp³-hybridized carbons (Fsp3) is 0.312. The van der Waals surface area contributed by atoms with Crippen molar-refractivity contribution in [3.8, 4) is 5.69 Å². The summed E-state index contributed by atoms with van der Waals surface area (Å²) in [7, 11) is 0. The molecule has 0 unspecified atom stereocenters. The third-order valence-electron chi connectivity index (χ3n) is 3.81. The molecule has 110 valence electrons. The zero-order chi connectivity index (χ0) is 15.4. The average molecular weight is 293 g/mol. The number of halogens is 3. The van der Waals surface area contributed by atoms with Gasteiger partial charge in [-0.05, 0) is 17.9 Å². The summed E-state index contributed by atoms with van der Waals surface area (Å²) in [6.45, 7) is 3.88. The fourth-order valence-corrected chi connectivity index (χ4v) is 2.89. The molecule has 2 aromatic rings. The van der Waals surface area contributed by atoms with Crippen LogP contribution in [0.2, 0.25) is 0 Å². The molecule has 2 nitrogen and oxygen atoms in total. The Hall–Kier alpha value is -2.04. The van der Waals surface area contributed by atoms with Crippen LogP contribution in [0.5, 0.6) is 0 Å². The predicted molar refractivity (Wildman–Crippen MR) is 72.1 cm³/mol. The van der Waals surface area contributed by atoms with Crippen LogP contribution < -0.4 is 0 Å². The molecule has 0 amide bonds. The number of nitrogens with zero attached hydrogens (tertiary/aromatic N) is 1. The molecule has 0 atom stereocenters. The van der Waals surface area contributed by atoms with Gasteiger partial charge in [0, 0.05) is 36.0 Å². The van der Waals surface area contributed by atoms with Gasteiger partial charge < -0.3 is 4.57 Å². The van der Waals surface area contributed by atoms with Crippen molar-refractivity contribution < 1.29 is 18.0 Å². The Morgan fingerprint density at radius 1 is 1.14 bits per heavy atom. The van der Waals surface area contributed by atoms with E-state index in [-0.39, 0.29) is 16.9 Å². The Balaban J connectivity index is 2.21. The molecule has 0 N–H and O–H groups in total. The van der Waals surface area contributed by atoms with Gasteiger partial charge in [0.15, 0.2) is 17.4 Å².